The molecule has 9 nitrogen and oxygen atoms in total. The van der Waals surface area contributed by atoms with Crippen LogP contribution in [0.25, 0.3) is 0 Å². The van der Waals surface area contributed by atoms with E-state index in [1.54, 1.807) is 0 Å². The van der Waals surface area contributed by atoms with Gasteiger partial charge in [0, 0.05) is 0 Å². The van der Waals surface area contributed by atoms with E-state index < -0.39 is 23.8 Å². The number of rotatable bonds is 10. The summed E-state index contributed by atoms with van der Waals surface area (Å²) in [5.41, 5.74) is 6.69. The maximum atomic E-state index is 11.8. The van der Waals surface area contributed by atoms with Crippen molar-refractivity contribution in [2.24, 2.45) is 10.9 Å². The number of ether oxygens (including phenoxy) is 1. The molecule has 1 unspecified atom stereocenters. The Labute approximate surface area is 138 Å². The van der Waals surface area contributed by atoms with Crippen LogP contribution in [0.2, 0.25) is 0 Å². The van der Waals surface area contributed by atoms with Gasteiger partial charge in [-0.3, -0.25) is 14.4 Å². The van der Waals surface area contributed by atoms with E-state index in [0.717, 1.165) is 5.56 Å². The molecule has 0 radical (unpaired) electrons. The third-order valence-corrected chi connectivity index (χ3v) is 2.93. The van der Waals surface area contributed by atoms with Gasteiger partial charge in [-0.2, -0.15) is 4.91 Å². The summed E-state index contributed by atoms with van der Waals surface area (Å²) >= 11 is 0. The van der Waals surface area contributed by atoms with Crippen molar-refractivity contribution in [3.05, 3.63) is 40.8 Å². The number of amides is 2. The second-order valence-corrected chi connectivity index (χ2v) is 4.86. The number of nitrogens with two attached hydrogens (primary N) is 1. The molecule has 0 aliphatic rings. The molecular weight excluding hydrogens is 316 g/mol. The van der Waals surface area contributed by atoms with Crippen LogP contribution in [0.3, 0.4) is 0 Å². The van der Waals surface area contributed by atoms with E-state index >= 15 is 0 Å². The van der Waals surface area contributed by atoms with Crippen molar-refractivity contribution in [2.75, 3.05) is 26.2 Å². The van der Waals surface area contributed by atoms with Crippen LogP contribution in [0.15, 0.2) is 35.5 Å². The summed E-state index contributed by atoms with van der Waals surface area (Å²) in [4.78, 5) is 44.3. The van der Waals surface area contributed by atoms with E-state index in [9.17, 15) is 19.3 Å². The minimum Gasteiger partial charge on any atom is -0.462 e. The fraction of sp³-hybridized carbons (Fsp3) is 0.400. The Balaban J connectivity index is 2.22. The van der Waals surface area contributed by atoms with E-state index in [4.69, 9.17) is 5.73 Å². The standard InChI is InChI=1S/C15H20N4O5/c16-12(8-11-4-2-1-3-5-11)15(22)18-9-13(20)17-10-14(21)24-7-6-19-23/h1-5,12H,6-10,16H2,(H,17,20)(H,18,22). The van der Waals surface area contributed by atoms with Gasteiger partial charge in [0.1, 0.15) is 19.7 Å². The molecule has 1 atom stereocenters. The highest BCUT2D eigenvalue weighted by molar-refractivity contribution is 5.88. The predicted molar refractivity (Wildman–Crippen MR) is 85.8 cm³/mol. The summed E-state index contributed by atoms with van der Waals surface area (Å²) in [6.07, 6.45) is 0.353. The molecule has 1 aromatic rings. The smallest absolute Gasteiger partial charge is 0.325 e. The number of hydrogen-bond acceptors (Lipinski definition) is 7. The molecule has 0 aliphatic carbocycles. The lowest BCUT2D eigenvalue weighted by Crippen LogP contribution is -2.46. The molecule has 0 bridgehead atoms. The summed E-state index contributed by atoms with van der Waals surface area (Å²) < 4.78 is 4.61. The van der Waals surface area contributed by atoms with Gasteiger partial charge in [0.25, 0.3) is 0 Å². The molecule has 0 heterocycles. The van der Waals surface area contributed by atoms with E-state index in [-0.39, 0.29) is 26.2 Å². The van der Waals surface area contributed by atoms with Gasteiger partial charge in [-0.1, -0.05) is 35.5 Å². The summed E-state index contributed by atoms with van der Waals surface area (Å²) in [6.45, 7) is -0.938. The van der Waals surface area contributed by atoms with Crippen LogP contribution < -0.4 is 16.4 Å². The van der Waals surface area contributed by atoms with Gasteiger partial charge in [0.05, 0.1) is 12.6 Å². The quantitative estimate of drug-likeness (QED) is 0.287. The fourth-order valence-corrected chi connectivity index (χ4v) is 1.74. The lowest BCUT2D eigenvalue weighted by molar-refractivity contribution is -0.143. The molecule has 0 aliphatic heterocycles. The molecule has 1 rings (SSSR count). The van der Waals surface area contributed by atoms with Crippen molar-refractivity contribution in [3.63, 3.8) is 0 Å². The Bertz CT molecular complexity index is 564. The van der Waals surface area contributed by atoms with Gasteiger partial charge in [0.15, 0.2) is 0 Å². The topological polar surface area (TPSA) is 140 Å². The average Bonchev–Trinajstić information content (AvgIpc) is 2.58. The largest absolute Gasteiger partial charge is 0.462 e. The predicted octanol–water partition coefficient (Wildman–Crippen LogP) is -0.902. The Morgan fingerprint density at radius 1 is 1.12 bits per heavy atom. The third-order valence-electron chi connectivity index (χ3n) is 2.93. The van der Waals surface area contributed by atoms with Crippen molar-refractivity contribution >= 4 is 17.8 Å². The molecule has 24 heavy (non-hydrogen) atoms. The molecule has 9 heteroatoms. The first-order valence-electron chi connectivity index (χ1n) is 7.31. The lowest BCUT2D eigenvalue weighted by Gasteiger charge is -2.12. The highest BCUT2D eigenvalue weighted by atomic mass is 16.5. The number of nitrogens with one attached hydrogen (secondary N) is 2. The molecule has 0 saturated heterocycles. The fourth-order valence-electron chi connectivity index (χ4n) is 1.74. The molecule has 1 aromatic carbocycles. The van der Waals surface area contributed by atoms with Crippen LogP contribution in [0, 0.1) is 4.91 Å². The number of nitroso groups, excluding NO2 is 1. The molecular formula is C15H20N4O5. The van der Waals surface area contributed by atoms with Crippen LogP contribution in [0.4, 0.5) is 0 Å². The van der Waals surface area contributed by atoms with Gasteiger partial charge in [-0.25, -0.2) is 0 Å². The first-order chi connectivity index (χ1) is 11.5. The number of hydrogen-bond donors (Lipinski definition) is 3. The van der Waals surface area contributed by atoms with E-state index in [1.165, 1.54) is 0 Å². The van der Waals surface area contributed by atoms with Crippen molar-refractivity contribution in [1.82, 2.24) is 10.6 Å². The molecule has 0 fully saturated rings. The van der Waals surface area contributed by atoms with Crippen molar-refractivity contribution in [2.45, 2.75) is 12.5 Å². The summed E-state index contributed by atoms with van der Waals surface area (Å²) in [5.74, 6) is -1.71. The summed E-state index contributed by atoms with van der Waals surface area (Å²) in [7, 11) is 0. The Hall–Kier alpha value is -2.81. The van der Waals surface area contributed by atoms with Gasteiger partial charge in [0.2, 0.25) is 11.8 Å². The van der Waals surface area contributed by atoms with Crippen molar-refractivity contribution < 1.29 is 19.1 Å². The zero-order valence-corrected chi connectivity index (χ0v) is 13.1. The molecule has 0 aromatic heterocycles. The van der Waals surface area contributed by atoms with Gasteiger partial charge in [-0.05, 0) is 12.0 Å². The monoisotopic (exact) mass is 336 g/mol. The maximum Gasteiger partial charge on any atom is 0.325 e. The normalized spacial score (nSPS) is 11.2. The third kappa shape index (κ3) is 7.99. The number of carbonyl (C=O) groups is 3. The maximum absolute atomic E-state index is 11.8. The van der Waals surface area contributed by atoms with Crippen LogP contribution >= 0.6 is 0 Å². The second-order valence-electron chi connectivity index (χ2n) is 4.86. The minimum absolute atomic E-state index is 0.136. The van der Waals surface area contributed by atoms with Crippen molar-refractivity contribution in [3.8, 4) is 0 Å². The van der Waals surface area contributed by atoms with Crippen LogP contribution in [0.5, 0.6) is 0 Å². The Morgan fingerprint density at radius 3 is 2.50 bits per heavy atom. The number of esters is 1. The van der Waals surface area contributed by atoms with Crippen LogP contribution in [-0.4, -0.2) is 50.1 Å². The molecule has 0 spiro atoms. The summed E-state index contributed by atoms with van der Waals surface area (Å²) in [6, 6.07) is 8.48. The zero-order chi connectivity index (χ0) is 17.8. The highest BCUT2D eigenvalue weighted by Crippen LogP contribution is 2.01. The lowest BCUT2D eigenvalue weighted by atomic mass is 10.1. The SMILES string of the molecule is NC(Cc1ccccc1)C(=O)NCC(=O)NCC(=O)OCCN=O. The first-order valence-corrected chi connectivity index (χ1v) is 7.31. The van der Waals surface area contributed by atoms with Gasteiger partial charge < -0.3 is 21.1 Å². The second kappa shape index (κ2) is 10.8. The zero-order valence-electron chi connectivity index (χ0n) is 13.1. The molecule has 4 N–H and O–H groups in total. The highest BCUT2D eigenvalue weighted by Gasteiger charge is 2.15. The van der Waals surface area contributed by atoms with E-state index in [0.29, 0.717) is 6.42 Å². The average molecular weight is 336 g/mol. The van der Waals surface area contributed by atoms with E-state index in [1.807, 2.05) is 30.3 Å². The van der Waals surface area contributed by atoms with Crippen LogP contribution in [-0.2, 0) is 25.5 Å². The number of benzene rings is 1. The van der Waals surface area contributed by atoms with Crippen molar-refractivity contribution in [1.29, 1.82) is 0 Å². The van der Waals surface area contributed by atoms with Gasteiger partial charge >= 0.3 is 5.97 Å². The number of carbonyl (C=O) groups excluding carboxylic acids is 3. The molecule has 0 saturated carbocycles. The van der Waals surface area contributed by atoms with Crippen LogP contribution in [0.1, 0.15) is 5.56 Å². The first kappa shape index (κ1) is 19.2. The minimum atomic E-state index is -0.777. The Morgan fingerprint density at radius 2 is 1.83 bits per heavy atom. The molecule has 130 valence electrons. The molecule has 2 amide bonds. The van der Waals surface area contributed by atoms with Gasteiger partial charge in [-0.15, -0.1) is 0 Å². The summed E-state index contributed by atoms with van der Waals surface area (Å²) in [5, 5.41) is 7.19. The van der Waals surface area contributed by atoms with E-state index in [2.05, 4.69) is 20.5 Å². The Kier molecular flexibility index (Phi) is 8.69. The number of nitrogens with zero attached hydrogens (tertiary/aromatic N) is 1.